The van der Waals surface area contributed by atoms with Crippen LogP contribution in [0.3, 0.4) is 0 Å². The number of aliphatic imine (C=N–C) groups is 1. The Morgan fingerprint density at radius 1 is 1.32 bits per heavy atom. The van der Waals surface area contributed by atoms with Gasteiger partial charge in [0.2, 0.25) is 5.91 Å². The van der Waals surface area contributed by atoms with E-state index in [1.165, 1.54) is 0 Å². The Hall–Kier alpha value is -0.610. The minimum Gasteiger partial charge on any atom is -0.383 e. The molecule has 8 heteroatoms. The lowest BCUT2D eigenvalue weighted by atomic mass is 10.3. The van der Waals surface area contributed by atoms with Gasteiger partial charge in [-0.3, -0.25) is 14.7 Å². The fourth-order valence-electron chi connectivity index (χ4n) is 2.34. The van der Waals surface area contributed by atoms with Crippen LogP contribution in [0.25, 0.3) is 0 Å². The van der Waals surface area contributed by atoms with Crippen molar-refractivity contribution >= 4 is 35.8 Å². The van der Waals surface area contributed by atoms with Crippen LogP contribution in [0.15, 0.2) is 4.99 Å². The molecule has 130 valence electrons. The first kappa shape index (κ1) is 21.4. The molecule has 1 unspecified atom stereocenters. The van der Waals surface area contributed by atoms with E-state index in [4.69, 9.17) is 4.74 Å². The highest BCUT2D eigenvalue weighted by molar-refractivity contribution is 14.0. The van der Waals surface area contributed by atoms with E-state index in [0.29, 0.717) is 6.61 Å². The Kier molecular flexibility index (Phi) is 11.6. The second-order valence-corrected chi connectivity index (χ2v) is 5.35. The van der Waals surface area contributed by atoms with Crippen molar-refractivity contribution in [1.29, 1.82) is 0 Å². The average molecular weight is 427 g/mol. The maximum atomic E-state index is 11.3. The van der Waals surface area contributed by atoms with Gasteiger partial charge in [0.25, 0.3) is 0 Å². The summed E-state index contributed by atoms with van der Waals surface area (Å²) >= 11 is 0. The average Bonchev–Trinajstić information content (AvgIpc) is 2.47. The zero-order valence-corrected chi connectivity index (χ0v) is 16.4. The predicted octanol–water partition coefficient (Wildman–Crippen LogP) is -0.0316. The molecule has 1 atom stereocenters. The number of methoxy groups -OCH3 is 1. The van der Waals surface area contributed by atoms with E-state index in [1.54, 1.807) is 21.1 Å². The van der Waals surface area contributed by atoms with Gasteiger partial charge in [0.15, 0.2) is 5.96 Å². The molecule has 22 heavy (non-hydrogen) atoms. The van der Waals surface area contributed by atoms with Crippen LogP contribution in [-0.2, 0) is 9.53 Å². The summed E-state index contributed by atoms with van der Waals surface area (Å²) in [7, 11) is 3.45. The number of ether oxygens (including phenoxy) is 1. The molecule has 0 aliphatic carbocycles. The van der Waals surface area contributed by atoms with Gasteiger partial charge in [-0.1, -0.05) is 0 Å². The smallest absolute Gasteiger partial charge is 0.219 e. The van der Waals surface area contributed by atoms with Gasteiger partial charge in [0.1, 0.15) is 0 Å². The molecule has 1 rings (SSSR count). The highest BCUT2D eigenvalue weighted by atomic mass is 127. The first-order valence-corrected chi connectivity index (χ1v) is 7.50. The number of halogens is 1. The lowest BCUT2D eigenvalue weighted by molar-refractivity contribution is -0.130. The highest BCUT2D eigenvalue weighted by Gasteiger charge is 2.17. The standard InChI is InChI=1S/C14H29N5O2.HI/c1-12(11-21-4)17-14(15-3)16-5-6-18-7-9-19(10-8-18)13(2)20;/h12H,5-11H2,1-4H3,(H2,15,16,17);1H. The zero-order chi connectivity index (χ0) is 15.7. The summed E-state index contributed by atoms with van der Waals surface area (Å²) in [6.45, 7) is 9.64. The van der Waals surface area contributed by atoms with Crippen molar-refractivity contribution < 1.29 is 9.53 Å². The molecule has 1 heterocycles. The third-order valence-electron chi connectivity index (χ3n) is 3.56. The van der Waals surface area contributed by atoms with Crippen LogP contribution in [0.4, 0.5) is 0 Å². The molecule has 0 aromatic heterocycles. The molecule has 0 spiro atoms. The lowest BCUT2D eigenvalue weighted by Gasteiger charge is -2.34. The van der Waals surface area contributed by atoms with Crippen molar-refractivity contribution in [3.8, 4) is 0 Å². The third-order valence-corrected chi connectivity index (χ3v) is 3.56. The Morgan fingerprint density at radius 2 is 1.95 bits per heavy atom. The van der Waals surface area contributed by atoms with E-state index in [1.807, 2.05) is 4.90 Å². The molecule has 0 radical (unpaired) electrons. The van der Waals surface area contributed by atoms with Crippen LogP contribution < -0.4 is 10.6 Å². The van der Waals surface area contributed by atoms with Gasteiger partial charge < -0.3 is 20.3 Å². The van der Waals surface area contributed by atoms with E-state index in [9.17, 15) is 4.79 Å². The molecule has 0 aromatic rings. The van der Waals surface area contributed by atoms with E-state index in [2.05, 4.69) is 27.4 Å². The van der Waals surface area contributed by atoms with Gasteiger partial charge in [-0.05, 0) is 6.92 Å². The summed E-state index contributed by atoms with van der Waals surface area (Å²) in [4.78, 5) is 19.7. The normalized spacial score (nSPS) is 17.6. The number of guanidine groups is 1. The van der Waals surface area contributed by atoms with Gasteiger partial charge in [0.05, 0.1) is 6.61 Å². The minimum absolute atomic E-state index is 0. The molecule has 0 aromatic carbocycles. The molecular formula is C14H30IN5O2. The van der Waals surface area contributed by atoms with Gasteiger partial charge >= 0.3 is 0 Å². The van der Waals surface area contributed by atoms with Crippen LogP contribution in [0.5, 0.6) is 0 Å². The van der Waals surface area contributed by atoms with Crippen LogP contribution in [-0.4, -0.2) is 87.7 Å². The van der Waals surface area contributed by atoms with Gasteiger partial charge in [-0.15, -0.1) is 24.0 Å². The summed E-state index contributed by atoms with van der Waals surface area (Å²) in [5, 5.41) is 6.57. The number of piperazine rings is 1. The number of carbonyl (C=O) groups excluding carboxylic acids is 1. The van der Waals surface area contributed by atoms with Crippen LogP contribution in [0.1, 0.15) is 13.8 Å². The molecule has 0 bridgehead atoms. The fraction of sp³-hybridized carbons (Fsp3) is 0.857. The summed E-state index contributed by atoms with van der Waals surface area (Å²) in [5.41, 5.74) is 0. The first-order chi connectivity index (χ1) is 10.1. The number of nitrogens with one attached hydrogen (secondary N) is 2. The monoisotopic (exact) mass is 427 g/mol. The molecule has 2 N–H and O–H groups in total. The van der Waals surface area contributed by atoms with Crippen LogP contribution >= 0.6 is 24.0 Å². The Balaban J connectivity index is 0.00000441. The largest absolute Gasteiger partial charge is 0.383 e. The van der Waals surface area contributed by atoms with Crippen molar-refractivity contribution in [3.63, 3.8) is 0 Å². The second-order valence-electron chi connectivity index (χ2n) is 5.35. The number of amides is 1. The van der Waals surface area contributed by atoms with Gasteiger partial charge in [0, 0.05) is 66.4 Å². The molecule has 1 saturated heterocycles. The van der Waals surface area contributed by atoms with Gasteiger partial charge in [-0.2, -0.15) is 0 Å². The van der Waals surface area contributed by atoms with Crippen molar-refractivity contribution in [2.75, 3.05) is 60.0 Å². The maximum Gasteiger partial charge on any atom is 0.219 e. The summed E-state index contributed by atoms with van der Waals surface area (Å²) < 4.78 is 5.09. The zero-order valence-electron chi connectivity index (χ0n) is 14.1. The van der Waals surface area contributed by atoms with Gasteiger partial charge in [-0.25, -0.2) is 0 Å². The Bertz CT molecular complexity index is 346. The summed E-state index contributed by atoms with van der Waals surface area (Å²) in [6.07, 6.45) is 0. The van der Waals surface area contributed by atoms with E-state index in [0.717, 1.165) is 45.2 Å². The Morgan fingerprint density at radius 3 is 2.45 bits per heavy atom. The molecular weight excluding hydrogens is 397 g/mol. The predicted molar refractivity (Wildman–Crippen MR) is 99.9 cm³/mol. The minimum atomic E-state index is 0. The molecule has 1 amide bonds. The number of hydrogen-bond acceptors (Lipinski definition) is 4. The molecule has 1 aliphatic rings. The second kappa shape index (κ2) is 11.9. The molecule has 1 fully saturated rings. The van der Waals surface area contributed by atoms with Crippen LogP contribution in [0, 0.1) is 0 Å². The number of hydrogen-bond donors (Lipinski definition) is 2. The maximum absolute atomic E-state index is 11.3. The molecule has 7 nitrogen and oxygen atoms in total. The van der Waals surface area contributed by atoms with Crippen molar-refractivity contribution in [2.45, 2.75) is 19.9 Å². The van der Waals surface area contributed by atoms with Crippen molar-refractivity contribution in [3.05, 3.63) is 0 Å². The molecule has 1 aliphatic heterocycles. The summed E-state index contributed by atoms with van der Waals surface area (Å²) in [6, 6.07) is 0.223. The van der Waals surface area contributed by atoms with Crippen molar-refractivity contribution in [2.24, 2.45) is 4.99 Å². The van der Waals surface area contributed by atoms with E-state index < -0.39 is 0 Å². The summed E-state index contributed by atoms with van der Waals surface area (Å²) in [5.74, 6) is 0.964. The number of nitrogens with zero attached hydrogens (tertiary/aromatic N) is 3. The number of rotatable bonds is 6. The van der Waals surface area contributed by atoms with E-state index >= 15 is 0 Å². The quantitative estimate of drug-likeness (QED) is 0.354. The first-order valence-electron chi connectivity index (χ1n) is 7.50. The lowest BCUT2D eigenvalue weighted by Crippen LogP contribution is -2.51. The molecule has 0 saturated carbocycles. The van der Waals surface area contributed by atoms with Crippen LogP contribution in [0.2, 0.25) is 0 Å². The van der Waals surface area contributed by atoms with E-state index in [-0.39, 0.29) is 35.9 Å². The highest BCUT2D eigenvalue weighted by Crippen LogP contribution is 2.00. The third kappa shape index (κ3) is 8.14. The number of carbonyl (C=O) groups is 1. The SMILES string of the molecule is CN=C(NCCN1CCN(C(C)=O)CC1)NC(C)COC.I. The van der Waals surface area contributed by atoms with Crippen molar-refractivity contribution in [1.82, 2.24) is 20.4 Å². The Labute approximate surface area is 150 Å². The fourth-order valence-corrected chi connectivity index (χ4v) is 2.34. The topological polar surface area (TPSA) is 69.2 Å².